The third-order valence-electron chi connectivity index (χ3n) is 7.60. The maximum Gasteiger partial charge on any atom is 0.228 e. The molecule has 2 amide bonds. The molecular formula is C31H36N4O3. The van der Waals surface area contributed by atoms with Crippen molar-refractivity contribution < 1.29 is 14.3 Å². The Labute approximate surface area is 225 Å². The summed E-state index contributed by atoms with van der Waals surface area (Å²) in [5.41, 5.74) is 6.09. The highest BCUT2D eigenvalue weighted by molar-refractivity contribution is 5.94. The highest BCUT2D eigenvalue weighted by Gasteiger charge is 2.28. The van der Waals surface area contributed by atoms with Gasteiger partial charge in [0.1, 0.15) is 5.75 Å². The highest BCUT2D eigenvalue weighted by atomic mass is 16.5. The zero-order valence-corrected chi connectivity index (χ0v) is 22.3. The number of anilines is 2. The van der Waals surface area contributed by atoms with Gasteiger partial charge in [0.05, 0.1) is 20.0 Å². The van der Waals surface area contributed by atoms with Crippen LogP contribution in [0.5, 0.6) is 5.75 Å². The minimum Gasteiger partial charge on any atom is -0.496 e. The average Bonchev–Trinajstić information content (AvgIpc) is 2.94. The lowest BCUT2D eigenvalue weighted by Crippen LogP contribution is -2.45. The van der Waals surface area contributed by atoms with Crippen molar-refractivity contribution in [1.29, 1.82) is 0 Å². The van der Waals surface area contributed by atoms with Crippen LogP contribution >= 0.6 is 0 Å². The first kappa shape index (κ1) is 25.8. The molecule has 3 aromatic carbocycles. The van der Waals surface area contributed by atoms with E-state index < -0.39 is 0 Å². The Morgan fingerprint density at radius 2 is 1.58 bits per heavy atom. The number of nitrogens with one attached hydrogen (secondary N) is 1. The van der Waals surface area contributed by atoms with Gasteiger partial charge in [0.25, 0.3) is 0 Å². The summed E-state index contributed by atoms with van der Waals surface area (Å²) in [6, 6.07) is 21.5. The summed E-state index contributed by atoms with van der Waals surface area (Å²) in [5, 5.41) is 3.02. The van der Waals surface area contributed by atoms with Crippen molar-refractivity contribution in [3.63, 3.8) is 0 Å². The summed E-state index contributed by atoms with van der Waals surface area (Å²) in [5.74, 6) is 0.871. The minimum absolute atomic E-state index is 0.0626. The molecule has 7 heteroatoms. The van der Waals surface area contributed by atoms with Gasteiger partial charge in [-0.3, -0.25) is 9.59 Å². The van der Waals surface area contributed by atoms with E-state index in [9.17, 15) is 9.59 Å². The third kappa shape index (κ3) is 5.83. The fourth-order valence-electron chi connectivity index (χ4n) is 5.42. The average molecular weight is 513 g/mol. The number of rotatable bonds is 7. The van der Waals surface area contributed by atoms with Crippen molar-refractivity contribution in [3.05, 3.63) is 89.0 Å². The van der Waals surface area contributed by atoms with E-state index in [0.29, 0.717) is 25.2 Å². The molecule has 0 bridgehead atoms. The standard InChI is InChI=1S/C31H36N4O3/c1-33-16-18-34(19-17-33)28-12-13-29(38-2)25-14-15-35(22-26(25)28)31(37)21-24-10-6-7-11-27(24)32-30(36)20-23-8-4-3-5-9-23/h3-13H,14-22H2,1-2H3,(H,32,36). The lowest BCUT2D eigenvalue weighted by Gasteiger charge is -2.38. The van der Waals surface area contributed by atoms with E-state index in [1.165, 1.54) is 16.8 Å². The second kappa shape index (κ2) is 11.7. The molecule has 0 spiro atoms. The monoisotopic (exact) mass is 512 g/mol. The number of carbonyl (C=O) groups is 2. The molecule has 38 heavy (non-hydrogen) atoms. The molecule has 2 aliphatic heterocycles. The van der Waals surface area contributed by atoms with Gasteiger partial charge in [0.2, 0.25) is 11.8 Å². The van der Waals surface area contributed by atoms with Crippen molar-refractivity contribution in [2.24, 2.45) is 0 Å². The molecule has 5 rings (SSSR count). The number of para-hydroxylation sites is 1. The maximum atomic E-state index is 13.6. The fourth-order valence-corrected chi connectivity index (χ4v) is 5.42. The summed E-state index contributed by atoms with van der Waals surface area (Å²) in [6.45, 7) is 5.21. The Kier molecular flexibility index (Phi) is 7.94. The van der Waals surface area contributed by atoms with Crippen LogP contribution in [-0.4, -0.2) is 68.5 Å². The number of fused-ring (bicyclic) bond motifs is 1. The van der Waals surface area contributed by atoms with Crippen LogP contribution in [0.25, 0.3) is 0 Å². The summed E-state index contributed by atoms with van der Waals surface area (Å²) in [7, 11) is 3.87. The lowest BCUT2D eigenvalue weighted by atomic mass is 9.95. The van der Waals surface area contributed by atoms with Crippen molar-refractivity contribution in [1.82, 2.24) is 9.80 Å². The van der Waals surface area contributed by atoms with Gasteiger partial charge < -0.3 is 24.8 Å². The molecule has 2 heterocycles. The molecule has 0 aliphatic carbocycles. The maximum absolute atomic E-state index is 13.6. The summed E-state index contributed by atoms with van der Waals surface area (Å²) < 4.78 is 5.69. The van der Waals surface area contributed by atoms with Crippen LogP contribution in [-0.2, 0) is 35.4 Å². The van der Waals surface area contributed by atoms with E-state index in [1.807, 2.05) is 59.5 Å². The number of hydrogen-bond acceptors (Lipinski definition) is 5. The molecule has 0 atom stereocenters. The highest BCUT2D eigenvalue weighted by Crippen LogP contribution is 2.36. The van der Waals surface area contributed by atoms with Gasteiger partial charge in [-0.25, -0.2) is 0 Å². The Balaban J connectivity index is 1.30. The van der Waals surface area contributed by atoms with Crippen LogP contribution < -0.4 is 15.0 Å². The molecular weight excluding hydrogens is 476 g/mol. The van der Waals surface area contributed by atoms with Gasteiger partial charge in [-0.15, -0.1) is 0 Å². The van der Waals surface area contributed by atoms with E-state index in [4.69, 9.17) is 4.74 Å². The lowest BCUT2D eigenvalue weighted by molar-refractivity contribution is -0.131. The molecule has 0 aromatic heterocycles. The van der Waals surface area contributed by atoms with E-state index >= 15 is 0 Å². The van der Waals surface area contributed by atoms with Crippen molar-refractivity contribution in [2.75, 3.05) is 57.1 Å². The van der Waals surface area contributed by atoms with Crippen LogP contribution in [0.1, 0.15) is 22.3 Å². The minimum atomic E-state index is -0.0908. The molecule has 1 N–H and O–H groups in total. The van der Waals surface area contributed by atoms with Crippen LogP contribution in [0.2, 0.25) is 0 Å². The predicted octanol–water partition coefficient (Wildman–Crippen LogP) is 3.76. The number of benzene rings is 3. The zero-order valence-electron chi connectivity index (χ0n) is 22.3. The Morgan fingerprint density at radius 1 is 0.842 bits per heavy atom. The first-order valence-electron chi connectivity index (χ1n) is 13.3. The number of amides is 2. The molecule has 0 unspecified atom stereocenters. The molecule has 7 nitrogen and oxygen atoms in total. The summed E-state index contributed by atoms with van der Waals surface area (Å²) >= 11 is 0. The van der Waals surface area contributed by atoms with Crippen LogP contribution in [0.3, 0.4) is 0 Å². The number of carbonyl (C=O) groups excluding carboxylic acids is 2. The first-order chi connectivity index (χ1) is 18.5. The summed E-state index contributed by atoms with van der Waals surface area (Å²) in [4.78, 5) is 33.0. The Hall–Kier alpha value is -3.84. The number of piperazine rings is 1. The number of ether oxygens (including phenoxy) is 1. The molecule has 3 aromatic rings. The largest absolute Gasteiger partial charge is 0.496 e. The number of methoxy groups -OCH3 is 1. The number of nitrogens with zero attached hydrogens (tertiary/aromatic N) is 3. The van der Waals surface area contributed by atoms with Crippen LogP contribution in [0.15, 0.2) is 66.7 Å². The summed E-state index contributed by atoms with van der Waals surface area (Å²) in [6.07, 6.45) is 1.30. The predicted molar refractivity (Wildman–Crippen MR) is 151 cm³/mol. The fraction of sp³-hybridized carbons (Fsp3) is 0.355. The van der Waals surface area contributed by atoms with Crippen LogP contribution in [0.4, 0.5) is 11.4 Å². The molecule has 0 saturated carbocycles. The van der Waals surface area contributed by atoms with Crippen molar-refractivity contribution in [2.45, 2.75) is 25.8 Å². The second-order valence-corrected chi connectivity index (χ2v) is 10.1. The Morgan fingerprint density at radius 3 is 2.34 bits per heavy atom. The molecule has 1 fully saturated rings. The topological polar surface area (TPSA) is 65.1 Å². The van der Waals surface area contributed by atoms with Gasteiger partial charge in [0, 0.05) is 61.8 Å². The third-order valence-corrected chi connectivity index (χ3v) is 7.60. The first-order valence-corrected chi connectivity index (χ1v) is 13.3. The van der Waals surface area contributed by atoms with Gasteiger partial charge in [-0.1, -0.05) is 48.5 Å². The smallest absolute Gasteiger partial charge is 0.228 e. The Bertz CT molecular complexity index is 1290. The molecule has 198 valence electrons. The SMILES string of the molecule is COc1ccc(N2CCN(C)CC2)c2c1CCN(C(=O)Cc1ccccc1NC(=O)Cc1ccccc1)C2. The van der Waals surface area contributed by atoms with Gasteiger partial charge >= 0.3 is 0 Å². The van der Waals surface area contributed by atoms with E-state index in [-0.39, 0.29) is 18.2 Å². The van der Waals surface area contributed by atoms with Gasteiger partial charge in [-0.2, -0.15) is 0 Å². The normalized spacial score (nSPS) is 15.6. The molecule has 2 aliphatic rings. The van der Waals surface area contributed by atoms with E-state index in [0.717, 1.165) is 49.5 Å². The van der Waals surface area contributed by atoms with Crippen molar-refractivity contribution >= 4 is 23.2 Å². The van der Waals surface area contributed by atoms with Gasteiger partial charge in [-0.05, 0) is 42.8 Å². The van der Waals surface area contributed by atoms with Crippen LogP contribution in [0, 0.1) is 0 Å². The van der Waals surface area contributed by atoms with Gasteiger partial charge in [0.15, 0.2) is 0 Å². The zero-order chi connectivity index (χ0) is 26.5. The second-order valence-electron chi connectivity index (χ2n) is 10.1. The van der Waals surface area contributed by atoms with Crippen molar-refractivity contribution in [3.8, 4) is 5.75 Å². The quantitative estimate of drug-likeness (QED) is 0.522. The number of hydrogen-bond donors (Lipinski definition) is 1. The van der Waals surface area contributed by atoms with E-state index in [2.05, 4.69) is 34.3 Å². The van der Waals surface area contributed by atoms with E-state index in [1.54, 1.807) is 7.11 Å². The molecule has 0 radical (unpaired) electrons. The number of likely N-dealkylation sites (N-methyl/N-ethyl adjacent to an activating group) is 1. The molecule has 1 saturated heterocycles.